The van der Waals surface area contributed by atoms with Gasteiger partial charge in [-0.15, -0.1) is 11.3 Å². The summed E-state index contributed by atoms with van der Waals surface area (Å²) < 4.78 is 32.3. The van der Waals surface area contributed by atoms with Gasteiger partial charge >= 0.3 is 0 Å². The Labute approximate surface area is 193 Å². The monoisotopic (exact) mass is 482 g/mol. The number of thiazole rings is 1. The number of carbonyl (C=O) groups excluding carboxylic acids is 2. The van der Waals surface area contributed by atoms with Crippen LogP contribution in [-0.4, -0.2) is 25.2 Å². The number of aromatic nitrogens is 1. The Morgan fingerprint density at radius 1 is 1.00 bits per heavy atom. The summed E-state index contributed by atoms with van der Waals surface area (Å²) in [5.74, 6) is -0.688. The highest BCUT2D eigenvalue weighted by molar-refractivity contribution is 7.93. The molecule has 9 nitrogen and oxygen atoms in total. The number of hydrogen-bond acceptors (Lipinski definition) is 7. The summed E-state index contributed by atoms with van der Waals surface area (Å²) in [6.07, 6.45) is 2.90. The van der Waals surface area contributed by atoms with Crippen LogP contribution in [0.5, 0.6) is 0 Å². The van der Waals surface area contributed by atoms with E-state index in [0.717, 1.165) is 5.56 Å². The molecule has 0 saturated heterocycles. The second-order valence-corrected chi connectivity index (χ2v) is 9.46. The van der Waals surface area contributed by atoms with Crippen LogP contribution < -0.4 is 15.4 Å². The number of hydrogen-bond donors (Lipinski definition) is 3. The lowest BCUT2D eigenvalue weighted by atomic mass is 10.1. The fraction of sp³-hybridized carbons (Fsp3) is 0.0455. The van der Waals surface area contributed by atoms with E-state index < -0.39 is 21.8 Å². The quantitative estimate of drug-likeness (QED) is 0.359. The van der Waals surface area contributed by atoms with Crippen molar-refractivity contribution in [1.82, 2.24) is 4.98 Å². The minimum Gasteiger partial charge on any atom is -0.459 e. The van der Waals surface area contributed by atoms with Gasteiger partial charge in [-0.2, -0.15) is 0 Å². The molecule has 2 aromatic carbocycles. The molecule has 0 atom stereocenters. The van der Waals surface area contributed by atoms with E-state index in [1.807, 2.05) is 0 Å². The minimum atomic E-state index is -3.78. The van der Waals surface area contributed by atoms with Gasteiger partial charge in [-0.25, -0.2) is 13.4 Å². The zero-order valence-electron chi connectivity index (χ0n) is 17.2. The highest BCUT2D eigenvalue weighted by atomic mass is 32.2. The van der Waals surface area contributed by atoms with E-state index in [2.05, 4.69) is 20.3 Å². The van der Waals surface area contributed by atoms with Gasteiger partial charge in [-0.1, -0.05) is 6.07 Å². The van der Waals surface area contributed by atoms with Crippen LogP contribution >= 0.6 is 11.3 Å². The molecule has 2 amide bonds. The third kappa shape index (κ3) is 5.27. The van der Waals surface area contributed by atoms with Crippen molar-refractivity contribution < 1.29 is 22.4 Å². The Morgan fingerprint density at radius 3 is 2.45 bits per heavy atom. The van der Waals surface area contributed by atoms with E-state index in [1.165, 1.54) is 54.1 Å². The van der Waals surface area contributed by atoms with Crippen LogP contribution in [0.25, 0.3) is 0 Å². The normalized spacial score (nSPS) is 11.1. The number of nitrogens with zero attached hydrogens (tertiary/aromatic N) is 1. The van der Waals surface area contributed by atoms with Crippen LogP contribution in [0.1, 0.15) is 26.5 Å². The fourth-order valence-electron chi connectivity index (χ4n) is 2.86. The molecule has 0 bridgehead atoms. The molecule has 0 fully saturated rings. The topological polar surface area (TPSA) is 130 Å². The summed E-state index contributed by atoms with van der Waals surface area (Å²) in [6.45, 7) is 1.80. The number of anilines is 3. The molecular weight excluding hydrogens is 464 g/mol. The number of benzene rings is 2. The molecular formula is C22H18N4O5S2. The number of furan rings is 1. The molecule has 33 heavy (non-hydrogen) atoms. The summed E-state index contributed by atoms with van der Waals surface area (Å²) in [6, 6.07) is 13.8. The van der Waals surface area contributed by atoms with Crippen LogP contribution in [-0.2, 0) is 10.0 Å². The van der Waals surface area contributed by atoms with E-state index >= 15 is 0 Å². The van der Waals surface area contributed by atoms with Crippen molar-refractivity contribution in [2.45, 2.75) is 11.8 Å². The highest BCUT2D eigenvalue weighted by Gasteiger charge is 2.16. The second-order valence-electron chi connectivity index (χ2n) is 6.88. The zero-order chi connectivity index (χ0) is 23.4. The lowest BCUT2D eigenvalue weighted by molar-refractivity contribution is 0.0993. The maximum Gasteiger partial charge on any atom is 0.291 e. The summed E-state index contributed by atoms with van der Waals surface area (Å²) in [7, 11) is -3.78. The Hall–Kier alpha value is -3.96. The smallest absolute Gasteiger partial charge is 0.291 e. The van der Waals surface area contributed by atoms with Crippen molar-refractivity contribution in [3.63, 3.8) is 0 Å². The van der Waals surface area contributed by atoms with Gasteiger partial charge < -0.3 is 15.1 Å². The van der Waals surface area contributed by atoms with Gasteiger partial charge in [0.2, 0.25) is 0 Å². The molecule has 4 aromatic rings. The zero-order valence-corrected chi connectivity index (χ0v) is 18.9. The third-order valence-corrected chi connectivity index (χ3v) is 6.74. The molecule has 3 N–H and O–H groups in total. The average Bonchev–Trinajstić information content (AvgIpc) is 3.50. The molecule has 11 heteroatoms. The summed E-state index contributed by atoms with van der Waals surface area (Å²) in [5, 5.41) is 7.37. The predicted molar refractivity (Wildman–Crippen MR) is 125 cm³/mol. The number of carbonyl (C=O) groups is 2. The van der Waals surface area contributed by atoms with Crippen LogP contribution in [0, 0.1) is 6.92 Å². The lowest BCUT2D eigenvalue weighted by Crippen LogP contribution is -2.15. The SMILES string of the molecule is Cc1ccc(C(=O)Nc2ccc(S(=O)(=O)Nc3nccs3)cc2)cc1NC(=O)c1ccco1. The first kappa shape index (κ1) is 22.2. The van der Waals surface area contributed by atoms with Gasteiger partial charge in [0, 0.05) is 28.5 Å². The van der Waals surface area contributed by atoms with Gasteiger partial charge in [-0.05, 0) is 61.0 Å². The van der Waals surface area contributed by atoms with E-state index in [9.17, 15) is 18.0 Å². The van der Waals surface area contributed by atoms with E-state index in [1.54, 1.807) is 36.6 Å². The number of rotatable bonds is 7. The average molecular weight is 483 g/mol. The van der Waals surface area contributed by atoms with Crippen molar-refractivity contribution >= 4 is 49.7 Å². The summed E-state index contributed by atoms with van der Waals surface area (Å²) >= 11 is 1.17. The molecule has 0 spiro atoms. The van der Waals surface area contributed by atoms with Crippen LogP contribution in [0.15, 0.2) is 81.8 Å². The van der Waals surface area contributed by atoms with E-state index in [-0.39, 0.29) is 15.8 Å². The maximum absolute atomic E-state index is 12.7. The fourth-order valence-corrected chi connectivity index (χ4v) is 4.65. The molecule has 0 radical (unpaired) electrons. The largest absolute Gasteiger partial charge is 0.459 e. The number of amides is 2. The maximum atomic E-state index is 12.7. The first-order valence-corrected chi connectivity index (χ1v) is 12.0. The molecule has 0 aliphatic rings. The summed E-state index contributed by atoms with van der Waals surface area (Å²) in [4.78, 5) is 28.9. The molecule has 0 unspecified atom stereocenters. The van der Waals surface area contributed by atoms with Gasteiger partial charge in [0.15, 0.2) is 10.9 Å². The molecule has 0 saturated carbocycles. The lowest BCUT2D eigenvalue weighted by Gasteiger charge is -2.11. The van der Waals surface area contributed by atoms with E-state index in [0.29, 0.717) is 16.9 Å². The Kier molecular flexibility index (Phi) is 6.24. The third-order valence-electron chi connectivity index (χ3n) is 4.57. The van der Waals surface area contributed by atoms with Gasteiger partial charge in [-0.3, -0.25) is 14.3 Å². The van der Waals surface area contributed by atoms with Gasteiger partial charge in [0.1, 0.15) is 0 Å². The van der Waals surface area contributed by atoms with Crippen molar-refractivity contribution in [2.24, 2.45) is 0 Å². The van der Waals surface area contributed by atoms with Crippen LogP contribution in [0.3, 0.4) is 0 Å². The molecule has 2 aromatic heterocycles. The van der Waals surface area contributed by atoms with Crippen molar-refractivity contribution in [2.75, 3.05) is 15.4 Å². The molecule has 0 aliphatic carbocycles. The second kappa shape index (κ2) is 9.27. The van der Waals surface area contributed by atoms with Crippen molar-refractivity contribution in [1.29, 1.82) is 0 Å². The van der Waals surface area contributed by atoms with Crippen LogP contribution in [0.4, 0.5) is 16.5 Å². The van der Waals surface area contributed by atoms with E-state index in [4.69, 9.17) is 4.42 Å². The standard InChI is InChI=1S/C22H18N4O5S2/c1-14-4-5-15(13-18(14)25-21(28)19-3-2-11-31-19)20(27)24-16-6-8-17(9-7-16)33(29,30)26-22-23-10-12-32-22/h2-13H,1H3,(H,23,26)(H,24,27)(H,25,28). The van der Waals surface area contributed by atoms with Gasteiger partial charge in [0.25, 0.3) is 21.8 Å². The molecule has 4 rings (SSSR count). The Morgan fingerprint density at radius 2 is 1.79 bits per heavy atom. The van der Waals surface area contributed by atoms with Crippen LogP contribution in [0.2, 0.25) is 0 Å². The highest BCUT2D eigenvalue weighted by Crippen LogP contribution is 2.22. The Bertz CT molecular complexity index is 1380. The number of aryl methyl sites for hydroxylation is 1. The van der Waals surface area contributed by atoms with Crippen molar-refractivity contribution in [3.8, 4) is 0 Å². The number of nitrogens with one attached hydrogen (secondary N) is 3. The van der Waals surface area contributed by atoms with Crippen molar-refractivity contribution in [3.05, 3.63) is 89.3 Å². The molecule has 0 aliphatic heterocycles. The summed E-state index contributed by atoms with van der Waals surface area (Å²) in [5.41, 5.74) is 1.97. The molecule has 168 valence electrons. The first-order chi connectivity index (χ1) is 15.8. The predicted octanol–water partition coefficient (Wildman–Crippen LogP) is 4.35. The molecule has 2 heterocycles. The number of sulfonamides is 1. The minimum absolute atomic E-state index is 0.0361. The Balaban J connectivity index is 1.45. The van der Waals surface area contributed by atoms with Gasteiger partial charge in [0.05, 0.1) is 11.2 Å². The first-order valence-electron chi connectivity index (χ1n) is 9.61.